The Morgan fingerprint density at radius 2 is 1.50 bits per heavy atom. The first-order valence-corrected chi connectivity index (χ1v) is 11.1. The lowest BCUT2D eigenvalue weighted by Crippen LogP contribution is -2.40. The van der Waals surface area contributed by atoms with Crippen molar-refractivity contribution < 1.29 is 9.47 Å². The molecule has 26 heavy (non-hydrogen) atoms. The van der Waals surface area contributed by atoms with E-state index in [0.717, 1.165) is 31.5 Å². The van der Waals surface area contributed by atoms with Gasteiger partial charge in [-0.25, -0.2) is 0 Å². The third kappa shape index (κ3) is 5.57. The van der Waals surface area contributed by atoms with Crippen LogP contribution >= 0.6 is 0 Å². The summed E-state index contributed by atoms with van der Waals surface area (Å²) >= 11 is 0. The van der Waals surface area contributed by atoms with Crippen molar-refractivity contribution in [2.24, 2.45) is 11.8 Å². The highest BCUT2D eigenvalue weighted by molar-refractivity contribution is 5.22. The third-order valence-electron chi connectivity index (χ3n) is 6.55. The fraction of sp³-hybridized carbons (Fsp3) is 0.750. The maximum atomic E-state index is 6.04. The van der Waals surface area contributed by atoms with E-state index in [1.165, 1.54) is 68.2 Å². The van der Waals surface area contributed by atoms with Gasteiger partial charge >= 0.3 is 0 Å². The van der Waals surface area contributed by atoms with Crippen LogP contribution in [-0.2, 0) is 9.47 Å². The van der Waals surface area contributed by atoms with Crippen molar-refractivity contribution in [3.8, 4) is 0 Å². The summed E-state index contributed by atoms with van der Waals surface area (Å²) in [7, 11) is 0. The summed E-state index contributed by atoms with van der Waals surface area (Å²) in [6, 6.07) is 8.48. The predicted octanol–water partition coefficient (Wildman–Crippen LogP) is 6.24. The second-order valence-corrected chi connectivity index (χ2v) is 8.44. The standard InChI is InChI=1S/C18H34O2.C6H4/c1-3-5-6-7-8-15-9-11-16(12-10-15)18-14-19-17(4-2)13-20-18;1-2-6-4-3-5(1)6/h15-18H,3-14H2,1-2H3;1-4H. The van der Waals surface area contributed by atoms with Gasteiger partial charge in [-0.2, -0.15) is 0 Å². The zero-order valence-electron chi connectivity index (χ0n) is 16.9. The van der Waals surface area contributed by atoms with Crippen molar-refractivity contribution in [1.29, 1.82) is 0 Å². The minimum absolute atomic E-state index is 0.348. The molecule has 0 aromatic carbocycles. The fourth-order valence-corrected chi connectivity index (χ4v) is 4.44. The summed E-state index contributed by atoms with van der Waals surface area (Å²) in [5, 5.41) is 2.85. The number of unbranched alkanes of at least 4 members (excludes halogenated alkanes) is 3. The molecular formula is C24H38O2. The van der Waals surface area contributed by atoms with E-state index in [2.05, 4.69) is 38.1 Å². The van der Waals surface area contributed by atoms with E-state index in [0.29, 0.717) is 12.2 Å². The Labute approximate surface area is 160 Å². The quantitative estimate of drug-likeness (QED) is 0.545. The molecule has 1 saturated heterocycles. The van der Waals surface area contributed by atoms with Gasteiger partial charge in [0, 0.05) is 0 Å². The maximum absolute atomic E-state index is 6.04. The molecule has 0 amide bonds. The third-order valence-corrected chi connectivity index (χ3v) is 6.55. The second kappa shape index (κ2) is 10.5. The van der Waals surface area contributed by atoms with E-state index >= 15 is 0 Å². The molecule has 4 aliphatic rings. The lowest BCUT2D eigenvalue weighted by molar-refractivity contribution is -0.155. The van der Waals surface area contributed by atoms with E-state index in [4.69, 9.17) is 9.47 Å². The Bertz CT molecular complexity index is 545. The largest absolute Gasteiger partial charge is 0.373 e. The molecule has 0 aromatic rings. The molecule has 0 N–H and O–H groups in total. The van der Waals surface area contributed by atoms with Gasteiger partial charge in [0.15, 0.2) is 0 Å². The van der Waals surface area contributed by atoms with Gasteiger partial charge < -0.3 is 9.47 Å². The maximum Gasteiger partial charge on any atom is 0.0838 e. The summed E-state index contributed by atoms with van der Waals surface area (Å²) in [6.07, 6.45) is 14.5. The Kier molecular flexibility index (Phi) is 8.01. The van der Waals surface area contributed by atoms with Gasteiger partial charge in [-0.15, -0.1) is 0 Å². The molecule has 0 radical (unpaired) electrons. The molecule has 4 rings (SSSR count). The molecule has 2 fully saturated rings. The Morgan fingerprint density at radius 1 is 0.808 bits per heavy atom. The van der Waals surface area contributed by atoms with Crippen LogP contribution in [0.25, 0.3) is 0 Å². The van der Waals surface area contributed by atoms with Crippen LogP contribution in [0.5, 0.6) is 0 Å². The second-order valence-electron chi connectivity index (χ2n) is 8.44. The highest BCUT2D eigenvalue weighted by Gasteiger charge is 2.31. The number of benzene rings is 1. The van der Waals surface area contributed by atoms with Crippen LogP contribution < -0.4 is 0 Å². The summed E-state index contributed by atoms with van der Waals surface area (Å²) in [5.74, 6) is 1.76. The highest BCUT2D eigenvalue weighted by atomic mass is 16.6. The molecular weight excluding hydrogens is 320 g/mol. The SMILES string of the molecule is CCCCCCC1CCC(C2COC(CC)CO2)CC1.c1cc2ccc1=2. The van der Waals surface area contributed by atoms with Gasteiger partial charge in [0.05, 0.1) is 25.4 Å². The number of hydrogen-bond donors (Lipinski definition) is 0. The van der Waals surface area contributed by atoms with Crippen molar-refractivity contribution in [3.05, 3.63) is 34.7 Å². The van der Waals surface area contributed by atoms with Gasteiger partial charge in [-0.3, -0.25) is 0 Å². The van der Waals surface area contributed by atoms with Crippen LogP contribution in [0.2, 0.25) is 0 Å². The monoisotopic (exact) mass is 358 g/mol. The zero-order valence-corrected chi connectivity index (χ0v) is 16.9. The van der Waals surface area contributed by atoms with E-state index in [9.17, 15) is 0 Å². The lowest BCUT2D eigenvalue weighted by Gasteiger charge is -2.37. The van der Waals surface area contributed by atoms with Gasteiger partial charge in [0.1, 0.15) is 0 Å². The van der Waals surface area contributed by atoms with Crippen molar-refractivity contribution in [3.63, 3.8) is 0 Å². The van der Waals surface area contributed by atoms with Gasteiger partial charge in [-0.1, -0.05) is 83.1 Å². The van der Waals surface area contributed by atoms with E-state index < -0.39 is 0 Å². The van der Waals surface area contributed by atoms with Crippen LogP contribution in [0.4, 0.5) is 0 Å². The van der Waals surface area contributed by atoms with Gasteiger partial charge in [0.25, 0.3) is 0 Å². The van der Waals surface area contributed by atoms with E-state index in [1.807, 2.05) is 0 Å². The Morgan fingerprint density at radius 3 is 1.96 bits per heavy atom. The molecule has 2 nitrogen and oxygen atoms in total. The molecule has 1 aliphatic heterocycles. The smallest absolute Gasteiger partial charge is 0.0838 e. The summed E-state index contributed by atoms with van der Waals surface area (Å²) in [6.45, 7) is 6.13. The lowest BCUT2D eigenvalue weighted by atomic mass is 9.77. The van der Waals surface area contributed by atoms with Crippen molar-refractivity contribution in [2.75, 3.05) is 13.2 Å². The van der Waals surface area contributed by atoms with Crippen molar-refractivity contribution in [2.45, 2.75) is 90.3 Å². The van der Waals surface area contributed by atoms with Crippen LogP contribution in [0.3, 0.4) is 0 Å². The number of hydrogen-bond acceptors (Lipinski definition) is 2. The van der Waals surface area contributed by atoms with Crippen molar-refractivity contribution in [1.82, 2.24) is 0 Å². The first-order chi connectivity index (χ1) is 12.8. The molecule has 0 aromatic heterocycles. The van der Waals surface area contributed by atoms with Crippen LogP contribution in [0.1, 0.15) is 78.1 Å². The summed E-state index contributed by atoms with van der Waals surface area (Å²) in [5.41, 5.74) is 0. The average Bonchev–Trinajstić information content (AvgIpc) is 2.69. The molecule has 2 unspecified atom stereocenters. The number of rotatable bonds is 7. The average molecular weight is 359 g/mol. The first kappa shape index (κ1) is 19.9. The van der Waals surface area contributed by atoms with Crippen molar-refractivity contribution >= 4 is 0 Å². The molecule has 2 atom stereocenters. The minimum atomic E-state index is 0.348. The van der Waals surface area contributed by atoms with Gasteiger partial charge in [0.2, 0.25) is 0 Å². The molecule has 3 aliphatic carbocycles. The highest BCUT2D eigenvalue weighted by Crippen LogP contribution is 2.35. The summed E-state index contributed by atoms with van der Waals surface area (Å²) in [4.78, 5) is 0. The zero-order chi connectivity index (χ0) is 18.2. The Hall–Kier alpha value is -0.860. The van der Waals surface area contributed by atoms with Crippen LogP contribution in [-0.4, -0.2) is 25.4 Å². The molecule has 2 heteroatoms. The molecule has 1 saturated carbocycles. The number of ether oxygens (including phenoxy) is 2. The van der Waals surface area contributed by atoms with Crippen LogP contribution in [0, 0.1) is 22.3 Å². The topological polar surface area (TPSA) is 18.5 Å². The molecule has 146 valence electrons. The van der Waals surface area contributed by atoms with E-state index in [-0.39, 0.29) is 0 Å². The molecule has 1 heterocycles. The Balaban J connectivity index is 0.000000269. The summed E-state index contributed by atoms with van der Waals surface area (Å²) < 4.78 is 11.9. The first-order valence-electron chi connectivity index (χ1n) is 11.1. The predicted molar refractivity (Wildman–Crippen MR) is 108 cm³/mol. The van der Waals surface area contributed by atoms with E-state index in [1.54, 1.807) is 0 Å². The normalized spacial score (nSPS) is 29.6. The van der Waals surface area contributed by atoms with Gasteiger partial charge in [-0.05, 0) is 41.5 Å². The minimum Gasteiger partial charge on any atom is -0.373 e. The molecule has 0 bridgehead atoms. The van der Waals surface area contributed by atoms with Crippen LogP contribution in [0.15, 0.2) is 24.3 Å². The molecule has 0 spiro atoms. The fourth-order valence-electron chi connectivity index (χ4n) is 4.44.